The molecule has 0 radical (unpaired) electrons. The lowest BCUT2D eigenvalue weighted by Crippen LogP contribution is -2.21. The number of carbonyl (C=O) groups excluding carboxylic acids is 1. The van der Waals surface area contributed by atoms with Gasteiger partial charge in [0.05, 0.1) is 19.1 Å². The van der Waals surface area contributed by atoms with E-state index in [0.29, 0.717) is 22.1 Å². The average Bonchev–Trinajstić information content (AvgIpc) is 2.49. The standard InChI is InChI=1S/C16H12ClFO3/c1-20-10-3-5-15-12(7-10)14(19)8-16(21-15)11-6-9(17)2-4-13(11)18/h2-7,16H,8H2,1H3. The molecule has 0 aromatic heterocycles. The quantitative estimate of drug-likeness (QED) is 0.834. The second-order valence-corrected chi connectivity index (χ2v) is 5.20. The maximum atomic E-state index is 13.9. The monoisotopic (exact) mass is 306 g/mol. The Morgan fingerprint density at radius 1 is 1.29 bits per heavy atom. The number of carbonyl (C=O) groups is 1. The summed E-state index contributed by atoms with van der Waals surface area (Å²) in [6.07, 6.45) is -0.602. The molecule has 1 heterocycles. The van der Waals surface area contributed by atoms with Gasteiger partial charge in [0, 0.05) is 10.6 Å². The summed E-state index contributed by atoms with van der Waals surface area (Å²) < 4.78 is 24.7. The molecule has 0 amide bonds. The highest BCUT2D eigenvalue weighted by Gasteiger charge is 2.29. The molecule has 3 nitrogen and oxygen atoms in total. The van der Waals surface area contributed by atoms with Crippen LogP contribution in [-0.4, -0.2) is 12.9 Å². The largest absolute Gasteiger partial charge is 0.497 e. The third-order valence-electron chi connectivity index (χ3n) is 3.43. The van der Waals surface area contributed by atoms with E-state index in [9.17, 15) is 9.18 Å². The SMILES string of the molecule is COc1ccc2c(c1)C(=O)CC(c1cc(Cl)ccc1F)O2. The molecule has 0 spiro atoms. The van der Waals surface area contributed by atoms with Crippen molar-refractivity contribution in [1.82, 2.24) is 0 Å². The fourth-order valence-electron chi connectivity index (χ4n) is 2.36. The number of fused-ring (bicyclic) bond motifs is 1. The number of ketones is 1. The Kier molecular flexibility index (Phi) is 3.55. The van der Waals surface area contributed by atoms with Crippen molar-refractivity contribution in [3.8, 4) is 11.5 Å². The van der Waals surface area contributed by atoms with Gasteiger partial charge in [0.25, 0.3) is 0 Å². The number of ether oxygens (including phenoxy) is 2. The lowest BCUT2D eigenvalue weighted by atomic mass is 9.96. The summed E-state index contributed by atoms with van der Waals surface area (Å²) in [6.45, 7) is 0. The van der Waals surface area contributed by atoms with Gasteiger partial charge in [-0.3, -0.25) is 4.79 Å². The van der Waals surface area contributed by atoms with Crippen LogP contribution in [0.2, 0.25) is 5.02 Å². The normalized spacial score (nSPS) is 17.1. The van der Waals surface area contributed by atoms with Crippen molar-refractivity contribution >= 4 is 17.4 Å². The number of rotatable bonds is 2. The van der Waals surface area contributed by atoms with E-state index < -0.39 is 11.9 Å². The summed E-state index contributed by atoms with van der Waals surface area (Å²) in [6, 6.07) is 9.20. The van der Waals surface area contributed by atoms with Crippen LogP contribution in [0.4, 0.5) is 4.39 Å². The van der Waals surface area contributed by atoms with Crippen molar-refractivity contribution in [1.29, 1.82) is 0 Å². The van der Waals surface area contributed by atoms with Crippen LogP contribution in [0, 0.1) is 5.82 Å². The Hall–Kier alpha value is -2.07. The summed E-state index contributed by atoms with van der Waals surface area (Å²) in [5.41, 5.74) is 0.741. The zero-order valence-electron chi connectivity index (χ0n) is 11.2. The van der Waals surface area contributed by atoms with Crippen molar-refractivity contribution in [3.05, 3.63) is 58.4 Å². The molecule has 2 aromatic carbocycles. The molecule has 108 valence electrons. The lowest BCUT2D eigenvalue weighted by Gasteiger charge is -2.26. The highest BCUT2D eigenvalue weighted by Crippen LogP contribution is 2.37. The fraction of sp³-hybridized carbons (Fsp3) is 0.188. The minimum atomic E-state index is -0.669. The molecule has 0 fully saturated rings. The Balaban J connectivity index is 1.98. The van der Waals surface area contributed by atoms with Gasteiger partial charge in [0.2, 0.25) is 0 Å². The molecule has 3 rings (SSSR count). The van der Waals surface area contributed by atoms with Crippen LogP contribution < -0.4 is 9.47 Å². The van der Waals surface area contributed by atoms with Crippen molar-refractivity contribution in [2.75, 3.05) is 7.11 Å². The number of hydrogen-bond donors (Lipinski definition) is 0. The Labute approximate surface area is 126 Å². The van der Waals surface area contributed by atoms with E-state index in [4.69, 9.17) is 21.1 Å². The maximum Gasteiger partial charge on any atom is 0.170 e. The zero-order valence-corrected chi connectivity index (χ0v) is 12.0. The number of hydrogen-bond acceptors (Lipinski definition) is 3. The summed E-state index contributed by atoms with van der Waals surface area (Å²) in [5, 5.41) is 0.406. The van der Waals surface area contributed by atoms with Gasteiger partial charge < -0.3 is 9.47 Å². The summed E-state index contributed by atoms with van der Waals surface area (Å²) >= 11 is 5.89. The third-order valence-corrected chi connectivity index (χ3v) is 3.67. The Morgan fingerprint density at radius 2 is 2.10 bits per heavy atom. The van der Waals surface area contributed by atoms with Crippen molar-refractivity contribution in [3.63, 3.8) is 0 Å². The van der Waals surface area contributed by atoms with E-state index in [1.807, 2.05) is 0 Å². The molecule has 1 atom stereocenters. The number of Topliss-reactive ketones (excluding diaryl/α,β-unsaturated/α-hetero) is 1. The van der Waals surface area contributed by atoms with Gasteiger partial charge in [-0.15, -0.1) is 0 Å². The van der Waals surface area contributed by atoms with Gasteiger partial charge in [-0.05, 0) is 36.4 Å². The fourth-order valence-corrected chi connectivity index (χ4v) is 2.55. The van der Waals surface area contributed by atoms with Gasteiger partial charge in [0.1, 0.15) is 23.4 Å². The second kappa shape index (κ2) is 5.37. The predicted molar refractivity (Wildman–Crippen MR) is 76.7 cm³/mol. The first-order valence-electron chi connectivity index (χ1n) is 6.41. The minimum Gasteiger partial charge on any atom is -0.497 e. The molecule has 2 aromatic rings. The molecule has 21 heavy (non-hydrogen) atoms. The first-order chi connectivity index (χ1) is 10.1. The molecule has 1 unspecified atom stereocenters. The molecule has 0 aliphatic carbocycles. The van der Waals surface area contributed by atoms with Crippen LogP contribution in [0.3, 0.4) is 0 Å². The second-order valence-electron chi connectivity index (χ2n) is 4.76. The number of benzene rings is 2. The van der Waals surface area contributed by atoms with Crippen LogP contribution in [-0.2, 0) is 0 Å². The summed E-state index contributed by atoms with van der Waals surface area (Å²) in [4.78, 5) is 12.2. The number of halogens is 2. The molecule has 0 N–H and O–H groups in total. The van der Waals surface area contributed by atoms with Gasteiger partial charge in [-0.2, -0.15) is 0 Å². The Morgan fingerprint density at radius 3 is 2.86 bits per heavy atom. The molecule has 0 saturated carbocycles. The first kappa shape index (κ1) is 13.9. The smallest absolute Gasteiger partial charge is 0.170 e. The molecule has 1 aliphatic heterocycles. The molecular formula is C16H12ClFO3. The van der Waals surface area contributed by atoms with E-state index in [2.05, 4.69) is 0 Å². The van der Waals surface area contributed by atoms with Gasteiger partial charge in [-0.25, -0.2) is 4.39 Å². The minimum absolute atomic E-state index is 0.0669. The van der Waals surface area contributed by atoms with E-state index in [0.717, 1.165) is 0 Å². The van der Waals surface area contributed by atoms with Crippen LogP contribution in [0.25, 0.3) is 0 Å². The van der Waals surface area contributed by atoms with E-state index in [-0.39, 0.29) is 17.8 Å². The molecule has 1 aliphatic rings. The highest BCUT2D eigenvalue weighted by molar-refractivity contribution is 6.30. The molecule has 0 saturated heterocycles. The zero-order chi connectivity index (χ0) is 15.0. The highest BCUT2D eigenvalue weighted by atomic mass is 35.5. The average molecular weight is 307 g/mol. The van der Waals surface area contributed by atoms with Crippen LogP contribution >= 0.6 is 11.6 Å². The van der Waals surface area contributed by atoms with Crippen molar-refractivity contribution in [2.45, 2.75) is 12.5 Å². The molecule has 0 bridgehead atoms. The van der Waals surface area contributed by atoms with Crippen molar-refractivity contribution < 1.29 is 18.7 Å². The van der Waals surface area contributed by atoms with E-state index >= 15 is 0 Å². The van der Waals surface area contributed by atoms with Gasteiger partial charge in [-0.1, -0.05) is 11.6 Å². The topological polar surface area (TPSA) is 35.5 Å². The van der Waals surface area contributed by atoms with Crippen LogP contribution in [0.1, 0.15) is 28.4 Å². The van der Waals surface area contributed by atoms with Gasteiger partial charge in [0.15, 0.2) is 5.78 Å². The number of methoxy groups -OCH3 is 1. The van der Waals surface area contributed by atoms with Crippen LogP contribution in [0.15, 0.2) is 36.4 Å². The first-order valence-corrected chi connectivity index (χ1v) is 6.79. The molecule has 5 heteroatoms. The van der Waals surface area contributed by atoms with Gasteiger partial charge >= 0.3 is 0 Å². The lowest BCUT2D eigenvalue weighted by molar-refractivity contribution is 0.0845. The van der Waals surface area contributed by atoms with Crippen molar-refractivity contribution in [2.24, 2.45) is 0 Å². The predicted octanol–water partition coefficient (Wildman–Crippen LogP) is 4.19. The maximum absolute atomic E-state index is 13.9. The Bertz CT molecular complexity index is 715. The molecular weight excluding hydrogens is 295 g/mol. The van der Waals surface area contributed by atoms with E-state index in [1.54, 1.807) is 18.2 Å². The summed E-state index contributed by atoms with van der Waals surface area (Å²) in [7, 11) is 1.53. The third kappa shape index (κ3) is 2.59. The van der Waals surface area contributed by atoms with Crippen LogP contribution in [0.5, 0.6) is 11.5 Å². The van der Waals surface area contributed by atoms with E-state index in [1.165, 1.54) is 25.3 Å². The summed E-state index contributed by atoms with van der Waals surface area (Å²) in [5.74, 6) is 0.461.